The topological polar surface area (TPSA) is 51.9 Å². The molecule has 1 aromatic heterocycles. The zero-order valence-corrected chi connectivity index (χ0v) is 17.1. The second-order valence-electron chi connectivity index (χ2n) is 7.29. The molecule has 0 saturated carbocycles. The van der Waals surface area contributed by atoms with Gasteiger partial charge < -0.3 is 14.4 Å². The van der Waals surface area contributed by atoms with Crippen LogP contribution in [-0.2, 0) is 0 Å². The molecule has 0 amide bonds. The number of ether oxygens (including phenoxy) is 2. The van der Waals surface area contributed by atoms with Crippen molar-refractivity contribution in [1.29, 1.82) is 0 Å². The van der Waals surface area contributed by atoms with Crippen LogP contribution in [0.4, 0.5) is 5.69 Å². The van der Waals surface area contributed by atoms with Crippen molar-refractivity contribution >= 4 is 12.0 Å². The van der Waals surface area contributed by atoms with E-state index in [1.807, 2.05) is 55.9 Å². The van der Waals surface area contributed by atoms with E-state index in [0.29, 0.717) is 5.88 Å². The quantitative estimate of drug-likeness (QED) is 0.437. The van der Waals surface area contributed by atoms with E-state index in [4.69, 9.17) is 9.47 Å². The van der Waals surface area contributed by atoms with Gasteiger partial charge >= 0.3 is 0 Å². The minimum Gasteiger partial charge on any atom is -0.497 e. The SMILES string of the molecule is COc1ccc(-n2ccc(Oc3cc(C)c(N=CN4CCCC4)cc3C)n2)cc1. The summed E-state index contributed by atoms with van der Waals surface area (Å²) in [6.07, 6.45) is 6.35. The van der Waals surface area contributed by atoms with Crippen LogP contribution in [0.15, 0.2) is 53.7 Å². The summed E-state index contributed by atoms with van der Waals surface area (Å²) >= 11 is 0. The highest BCUT2D eigenvalue weighted by atomic mass is 16.5. The second-order valence-corrected chi connectivity index (χ2v) is 7.29. The Hall–Kier alpha value is -3.28. The number of likely N-dealkylation sites (tertiary alicyclic amines) is 1. The van der Waals surface area contributed by atoms with Crippen LogP contribution in [0.3, 0.4) is 0 Å². The molecule has 0 N–H and O–H groups in total. The number of benzene rings is 2. The first-order valence-electron chi connectivity index (χ1n) is 9.90. The van der Waals surface area contributed by atoms with Gasteiger partial charge in [0.2, 0.25) is 5.88 Å². The normalized spacial score (nSPS) is 14.0. The third-order valence-corrected chi connectivity index (χ3v) is 5.11. The van der Waals surface area contributed by atoms with Crippen molar-refractivity contribution in [3.05, 3.63) is 59.8 Å². The van der Waals surface area contributed by atoms with E-state index in [1.54, 1.807) is 11.8 Å². The molecule has 1 aliphatic rings. The Bertz CT molecular complexity index is 1000. The number of methoxy groups -OCH3 is 1. The molecular formula is C23H26N4O2. The molecule has 0 spiro atoms. The lowest BCUT2D eigenvalue weighted by Gasteiger charge is -2.12. The number of hydrogen-bond acceptors (Lipinski definition) is 4. The third kappa shape index (κ3) is 4.42. The van der Waals surface area contributed by atoms with Crippen molar-refractivity contribution in [2.24, 2.45) is 4.99 Å². The molecule has 29 heavy (non-hydrogen) atoms. The maximum atomic E-state index is 6.05. The molecule has 4 rings (SSSR count). The van der Waals surface area contributed by atoms with Crippen LogP contribution in [0.25, 0.3) is 5.69 Å². The van der Waals surface area contributed by atoms with Crippen LogP contribution >= 0.6 is 0 Å². The summed E-state index contributed by atoms with van der Waals surface area (Å²) in [4.78, 5) is 6.94. The first kappa shape index (κ1) is 19.1. The van der Waals surface area contributed by atoms with Gasteiger partial charge in [-0.3, -0.25) is 0 Å². The Morgan fingerprint density at radius 3 is 2.48 bits per heavy atom. The van der Waals surface area contributed by atoms with Gasteiger partial charge in [0, 0.05) is 25.4 Å². The van der Waals surface area contributed by atoms with E-state index in [1.165, 1.54) is 12.8 Å². The Morgan fingerprint density at radius 2 is 1.76 bits per heavy atom. The summed E-state index contributed by atoms with van der Waals surface area (Å²) in [6.45, 7) is 6.28. The van der Waals surface area contributed by atoms with Gasteiger partial charge in [-0.25, -0.2) is 9.67 Å². The minimum absolute atomic E-state index is 0.552. The first-order valence-corrected chi connectivity index (χ1v) is 9.90. The summed E-state index contributed by atoms with van der Waals surface area (Å²) in [5.41, 5.74) is 4.03. The van der Waals surface area contributed by atoms with Crippen molar-refractivity contribution in [1.82, 2.24) is 14.7 Å². The number of hydrogen-bond donors (Lipinski definition) is 0. The number of rotatable bonds is 6. The van der Waals surface area contributed by atoms with Crippen molar-refractivity contribution < 1.29 is 9.47 Å². The number of aryl methyl sites for hydroxylation is 2. The Kier molecular flexibility index (Phi) is 5.51. The monoisotopic (exact) mass is 390 g/mol. The molecule has 150 valence electrons. The van der Waals surface area contributed by atoms with Gasteiger partial charge in [-0.05, 0) is 74.2 Å². The average Bonchev–Trinajstić information content (AvgIpc) is 3.42. The van der Waals surface area contributed by atoms with E-state index in [0.717, 1.165) is 47.1 Å². The maximum Gasteiger partial charge on any atom is 0.238 e. The minimum atomic E-state index is 0.552. The van der Waals surface area contributed by atoms with Gasteiger partial charge in [0.05, 0.1) is 24.8 Å². The van der Waals surface area contributed by atoms with Crippen LogP contribution in [0.5, 0.6) is 17.4 Å². The van der Waals surface area contributed by atoms with Gasteiger partial charge in [0.1, 0.15) is 11.5 Å². The van der Waals surface area contributed by atoms with Gasteiger partial charge in [-0.15, -0.1) is 5.10 Å². The van der Waals surface area contributed by atoms with Crippen molar-refractivity contribution in [2.75, 3.05) is 20.2 Å². The van der Waals surface area contributed by atoms with Crippen molar-refractivity contribution in [2.45, 2.75) is 26.7 Å². The maximum absolute atomic E-state index is 6.05. The summed E-state index contributed by atoms with van der Waals surface area (Å²) in [5, 5.41) is 4.53. The highest BCUT2D eigenvalue weighted by Gasteiger charge is 2.10. The zero-order valence-electron chi connectivity index (χ0n) is 17.1. The predicted molar refractivity (Wildman–Crippen MR) is 115 cm³/mol. The number of aliphatic imine (C=N–C) groups is 1. The smallest absolute Gasteiger partial charge is 0.238 e. The van der Waals surface area contributed by atoms with Crippen LogP contribution in [-0.4, -0.2) is 41.2 Å². The van der Waals surface area contributed by atoms with Crippen LogP contribution in [0.2, 0.25) is 0 Å². The Morgan fingerprint density at radius 1 is 1.00 bits per heavy atom. The molecule has 6 nitrogen and oxygen atoms in total. The lowest BCUT2D eigenvalue weighted by atomic mass is 10.1. The highest BCUT2D eigenvalue weighted by Crippen LogP contribution is 2.31. The van der Waals surface area contributed by atoms with Gasteiger partial charge in [0.15, 0.2) is 0 Å². The van der Waals surface area contributed by atoms with Gasteiger partial charge in [-0.2, -0.15) is 0 Å². The standard InChI is InChI=1S/C23H26N4O2/c1-17-15-22(18(2)14-21(17)24-16-26-11-4-5-12-26)29-23-10-13-27(25-23)19-6-8-20(28-3)9-7-19/h6-10,13-16H,4-5,11-12H2,1-3H3. The first-order chi connectivity index (χ1) is 14.1. The van der Waals surface area contributed by atoms with Crippen molar-refractivity contribution in [3.8, 4) is 23.1 Å². The molecule has 3 aromatic rings. The van der Waals surface area contributed by atoms with E-state index < -0.39 is 0 Å². The molecule has 0 aliphatic carbocycles. The summed E-state index contributed by atoms with van der Waals surface area (Å²) in [6, 6.07) is 13.7. The molecule has 6 heteroatoms. The Labute approximate surface area is 171 Å². The molecule has 2 aromatic carbocycles. The van der Waals surface area contributed by atoms with Crippen molar-refractivity contribution in [3.63, 3.8) is 0 Å². The van der Waals surface area contributed by atoms with E-state index in [9.17, 15) is 0 Å². The largest absolute Gasteiger partial charge is 0.497 e. The zero-order chi connectivity index (χ0) is 20.2. The van der Waals surface area contributed by atoms with E-state index in [-0.39, 0.29) is 0 Å². The molecular weight excluding hydrogens is 364 g/mol. The number of nitrogens with zero attached hydrogens (tertiary/aromatic N) is 4. The lowest BCUT2D eigenvalue weighted by Crippen LogP contribution is -2.16. The fourth-order valence-electron chi connectivity index (χ4n) is 3.38. The average molecular weight is 390 g/mol. The fraction of sp³-hybridized carbons (Fsp3) is 0.304. The third-order valence-electron chi connectivity index (χ3n) is 5.11. The molecule has 2 heterocycles. The predicted octanol–water partition coefficient (Wildman–Crippen LogP) is 5.05. The van der Waals surface area contributed by atoms with Gasteiger partial charge in [0.25, 0.3) is 0 Å². The molecule has 0 atom stereocenters. The Balaban J connectivity index is 1.49. The summed E-state index contributed by atoms with van der Waals surface area (Å²) in [5.74, 6) is 2.16. The molecule has 0 radical (unpaired) electrons. The van der Waals surface area contributed by atoms with E-state index in [2.05, 4.69) is 28.0 Å². The molecule has 0 unspecified atom stereocenters. The lowest BCUT2D eigenvalue weighted by molar-refractivity contribution is 0.414. The second kappa shape index (κ2) is 8.39. The summed E-state index contributed by atoms with van der Waals surface area (Å²) < 4.78 is 13.0. The number of aromatic nitrogens is 2. The summed E-state index contributed by atoms with van der Waals surface area (Å²) in [7, 11) is 1.65. The molecule has 1 fully saturated rings. The van der Waals surface area contributed by atoms with Crippen LogP contribution in [0.1, 0.15) is 24.0 Å². The molecule has 1 saturated heterocycles. The van der Waals surface area contributed by atoms with E-state index >= 15 is 0 Å². The van der Waals surface area contributed by atoms with Crippen LogP contribution in [0, 0.1) is 13.8 Å². The van der Waals surface area contributed by atoms with Gasteiger partial charge in [-0.1, -0.05) is 0 Å². The van der Waals surface area contributed by atoms with Crippen LogP contribution < -0.4 is 9.47 Å². The highest BCUT2D eigenvalue weighted by molar-refractivity contribution is 5.65. The molecule has 0 bridgehead atoms. The fourth-order valence-corrected chi connectivity index (χ4v) is 3.38. The molecule has 1 aliphatic heterocycles.